The van der Waals surface area contributed by atoms with Gasteiger partial charge in [-0.25, -0.2) is 9.97 Å². The van der Waals surface area contributed by atoms with Gasteiger partial charge in [-0.1, -0.05) is 6.07 Å². The molecule has 3 nitrogen and oxygen atoms in total. The van der Waals surface area contributed by atoms with E-state index in [1.807, 2.05) is 13.0 Å². The first-order valence-electron chi connectivity index (χ1n) is 5.32. The van der Waals surface area contributed by atoms with Gasteiger partial charge in [-0.15, -0.1) is 11.3 Å². The van der Waals surface area contributed by atoms with Crippen LogP contribution in [0, 0.1) is 6.92 Å². The minimum absolute atomic E-state index is 0.382. The van der Waals surface area contributed by atoms with E-state index >= 15 is 0 Å². The summed E-state index contributed by atoms with van der Waals surface area (Å²) < 4.78 is 0. The second-order valence-corrected chi connectivity index (χ2v) is 4.85. The Morgan fingerprint density at radius 1 is 1.44 bits per heavy atom. The Morgan fingerprint density at radius 3 is 3.00 bits per heavy atom. The summed E-state index contributed by atoms with van der Waals surface area (Å²) in [7, 11) is 0. The van der Waals surface area contributed by atoms with Crippen molar-refractivity contribution in [3.05, 3.63) is 40.5 Å². The SMILES string of the molecule is Cc1nccc(NC(C)Cc2cccs2)n1. The van der Waals surface area contributed by atoms with Gasteiger partial charge in [-0.05, 0) is 31.4 Å². The third-order valence-electron chi connectivity index (χ3n) is 2.26. The fourth-order valence-corrected chi connectivity index (χ4v) is 2.41. The van der Waals surface area contributed by atoms with Gasteiger partial charge in [-0.2, -0.15) is 0 Å². The van der Waals surface area contributed by atoms with Crippen LogP contribution >= 0.6 is 11.3 Å². The molecule has 1 unspecified atom stereocenters. The smallest absolute Gasteiger partial charge is 0.129 e. The van der Waals surface area contributed by atoms with Crippen LogP contribution in [0.1, 0.15) is 17.6 Å². The zero-order valence-corrected chi connectivity index (χ0v) is 10.3. The molecule has 0 spiro atoms. The minimum Gasteiger partial charge on any atom is -0.367 e. The van der Waals surface area contributed by atoms with Crippen LogP contribution in [0.25, 0.3) is 0 Å². The first-order valence-corrected chi connectivity index (χ1v) is 6.20. The fraction of sp³-hybridized carbons (Fsp3) is 0.333. The third-order valence-corrected chi connectivity index (χ3v) is 3.16. The number of hydrogen-bond acceptors (Lipinski definition) is 4. The molecule has 16 heavy (non-hydrogen) atoms. The summed E-state index contributed by atoms with van der Waals surface area (Å²) in [6.07, 6.45) is 2.81. The Kier molecular flexibility index (Phi) is 3.51. The van der Waals surface area contributed by atoms with Crippen LogP contribution in [0.4, 0.5) is 5.82 Å². The van der Waals surface area contributed by atoms with Crippen molar-refractivity contribution in [1.82, 2.24) is 9.97 Å². The average Bonchev–Trinajstić information content (AvgIpc) is 2.70. The van der Waals surface area contributed by atoms with E-state index in [-0.39, 0.29) is 0 Å². The second-order valence-electron chi connectivity index (χ2n) is 3.82. The van der Waals surface area contributed by atoms with E-state index < -0.39 is 0 Å². The van der Waals surface area contributed by atoms with E-state index in [4.69, 9.17) is 0 Å². The summed E-state index contributed by atoms with van der Waals surface area (Å²) in [5, 5.41) is 5.48. The van der Waals surface area contributed by atoms with Gasteiger partial charge in [0.15, 0.2) is 0 Å². The van der Waals surface area contributed by atoms with Crippen molar-refractivity contribution in [3.8, 4) is 0 Å². The van der Waals surface area contributed by atoms with E-state index in [1.165, 1.54) is 4.88 Å². The van der Waals surface area contributed by atoms with Gasteiger partial charge in [0, 0.05) is 23.5 Å². The highest BCUT2D eigenvalue weighted by Gasteiger charge is 2.05. The average molecular weight is 233 g/mol. The molecule has 0 fully saturated rings. The topological polar surface area (TPSA) is 37.8 Å². The predicted molar refractivity (Wildman–Crippen MR) is 67.9 cm³/mol. The largest absolute Gasteiger partial charge is 0.367 e. The van der Waals surface area contributed by atoms with Crippen LogP contribution in [-0.4, -0.2) is 16.0 Å². The van der Waals surface area contributed by atoms with Crippen LogP contribution in [0.5, 0.6) is 0 Å². The van der Waals surface area contributed by atoms with Crippen molar-refractivity contribution >= 4 is 17.2 Å². The standard InChI is InChI=1S/C12H15N3S/c1-9(8-11-4-3-7-16-11)14-12-5-6-13-10(2)15-12/h3-7,9H,8H2,1-2H3,(H,13,14,15). The zero-order valence-electron chi connectivity index (χ0n) is 9.47. The number of anilines is 1. The summed E-state index contributed by atoms with van der Waals surface area (Å²) in [5.74, 6) is 1.70. The lowest BCUT2D eigenvalue weighted by Gasteiger charge is -2.13. The number of nitrogens with one attached hydrogen (secondary N) is 1. The number of nitrogens with zero attached hydrogens (tertiary/aromatic N) is 2. The van der Waals surface area contributed by atoms with Gasteiger partial charge < -0.3 is 5.32 Å². The molecule has 4 heteroatoms. The van der Waals surface area contributed by atoms with Crippen molar-refractivity contribution in [2.45, 2.75) is 26.3 Å². The minimum atomic E-state index is 0.382. The highest BCUT2D eigenvalue weighted by Crippen LogP contribution is 2.13. The monoisotopic (exact) mass is 233 g/mol. The number of hydrogen-bond donors (Lipinski definition) is 1. The molecule has 0 aliphatic heterocycles. The molecular weight excluding hydrogens is 218 g/mol. The molecular formula is C12H15N3S. The Balaban J connectivity index is 1.94. The Labute approximate surface area is 99.6 Å². The quantitative estimate of drug-likeness (QED) is 0.882. The van der Waals surface area contributed by atoms with Crippen LogP contribution in [0.2, 0.25) is 0 Å². The summed E-state index contributed by atoms with van der Waals surface area (Å²) in [6.45, 7) is 4.06. The van der Waals surface area contributed by atoms with Gasteiger partial charge in [0.05, 0.1) is 0 Å². The Bertz CT molecular complexity index is 439. The maximum absolute atomic E-state index is 4.32. The number of aromatic nitrogens is 2. The lowest BCUT2D eigenvalue weighted by Crippen LogP contribution is -2.18. The van der Waals surface area contributed by atoms with E-state index in [0.29, 0.717) is 6.04 Å². The summed E-state index contributed by atoms with van der Waals surface area (Å²) in [4.78, 5) is 9.79. The lowest BCUT2D eigenvalue weighted by molar-refractivity contribution is 0.791. The Hall–Kier alpha value is -1.42. The van der Waals surface area contributed by atoms with Crippen molar-refractivity contribution in [1.29, 1.82) is 0 Å². The van der Waals surface area contributed by atoms with Crippen LogP contribution in [0.15, 0.2) is 29.8 Å². The molecule has 2 heterocycles. The zero-order chi connectivity index (χ0) is 11.4. The third kappa shape index (κ3) is 3.03. The van der Waals surface area contributed by atoms with Crippen LogP contribution in [-0.2, 0) is 6.42 Å². The predicted octanol–water partition coefficient (Wildman–Crippen LogP) is 2.89. The summed E-state index contributed by atoms with van der Waals surface area (Å²) in [5.41, 5.74) is 0. The molecule has 0 bridgehead atoms. The molecule has 1 atom stereocenters. The Morgan fingerprint density at radius 2 is 2.31 bits per heavy atom. The van der Waals surface area contributed by atoms with E-state index in [9.17, 15) is 0 Å². The highest BCUT2D eigenvalue weighted by atomic mass is 32.1. The fourth-order valence-electron chi connectivity index (χ4n) is 1.57. The maximum Gasteiger partial charge on any atom is 0.129 e. The summed E-state index contributed by atoms with van der Waals surface area (Å²) in [6, 6.07) is 6.53. The van der Waals surface area contributed by atoms with Gasteiger partial charge in [0.1, 0.15) is 11.6 Å². The molecule has 1 N–H and O–H groups in total. The molecule has 0 saturated heterocycles. The highest BCUT2D eigenvalue weighted by molar-refractivity contribution is 7.09. The summed E-state index contributed by atoms with van der Waals surface area (Å²) >= 11 is 1.79. The van der Waals surface area contributed by atoms with Gasteiger partial charge in [-0.3, -0.25) is 0 Å². The molecule has 0 saturated carbocycles. The molecule has 2 aromatic rings. The van der Waals surface area contributed by atoms with Crippen LogP contribution in [0.3, 0.4) is 0 Å². The van der Waals surface area contributed by atoms with Gasteiger partial charge in [0.2, 0.25) is 0 Å². The van der Waals surface area contributed by atoms with Crippen molar-refractivity contribution in [2.75, 3.05) is 5.32 Å². The second kappa shape index (κ2) is 5.07. The number of rotatable bonds is 4. The molecule has 0 amide bonds. The molecule has 0 aliphatic rings. The lowest BCUT2D eigenvalue weighted by atomic mass is 10.2. The normalized spacial score (nSPS) is 12.4. The molecule has 2 rings (SSSR count). The molecule has 0 aliphatic carbocycles. The first-order chi connectivity index (χ1) is 7.74. The van der Waals surface area contributed by atoms with Crippen LogP contribution < -0.4 is 5.32 Å². The van der Waals surface area contributed by atoms with E-state index in [2.05, 4.69) is 39.7 Å². The van der Waals surface area contributed by atoms with Crippen molar-refractivity contribution in [3.63, 3.8) is 0 Å². The molecule has 0 radical (unpaired) electrons. The van der Waals surface area contributed by atoms with E-state index in [0.717, 1.165) is 18.1 Å². The number of aryl methyl sites for hydroxylation is 1. The molecule has 0 aromatic carbocycles. The molecule has 2 aromatic heterocycles. The van der Waals surface area contributed by atoms with Crippen molar-refractivity contribution < 1.29 is 0 Å². The maximum atomic E-state index is 4.32. The first kappa shape index (κ1) is 11.1. The van der Waals surface area contributed by atoms with E-state index in [1.54, 1.807) is 17.5 Å². The van der Waals surface area contributed by atoms with Gasteiger partial charge in [0.25, 0.3) is 0 Å². The number of thiophene rings is 1. The van der Waals surface area contributed by atoms with Gasteiger partial charge >= 0.3 is 0 Å². The molecule has 84 valence electrons. The van der Waals surface area contributed by atoms with Crippen molar-refractivity contribution in [2.24, 2.45) is 0 Å².